The Morgan fingerprint density at radius 1 is 1.17 bits per heavy atom. The van der Waals surface area contributed by atoms with Gasteiger partial charge in [0, 0.05) is 6.20 Å². The van der Waals surface area contributed by atoms with E-state index in [1.54, 1.807) is 6.20 Å². The normalized spacial score (nSPS) is 14.4. The molecule has 1 aromatic carbocycles. The highest BCUT2D eigenvalue weighted by Gasteiger charge is 2.23. The summed E-state index contributed by atoms with van der Waals surface area (Å²) in [5, 5.41) is 0. The molecule has 1 aromatic heterocycles. The monoisotopic (exact) mass is 240 g/mol. The van der Waals surface area contributed by atoms with Gasteiger partial charge in [0.2, 0.25) is 0 Å². The second kappa shape index (κ2) is 4.69. The topological polar surface area (TPSA) is 48.1 Å². The van der Waals surface area contributed by atoms with Gasteiger partial charge in [-0.3, -0.25) is 0 Å². The average molecular weight is 240 g/mol. The first-order chi connectivity index (χ1) is 8.79. The number of rotatable bonds is 4. The minimum atomic E-state index is 0.441. The maximum absolute atomic E-state index is 5.79. The Morgan fingerprint density at radius 3 is 2.78 bits per heavy atom. The molecule has 1 aliphatic carbocycles. The molecule has 0 spiro atoms. The van der Waals surface area contributed by atoms with Crippen molar-refractivity contribution in [2.75, 3.05) is 5.73 Å². The number of ether oxygens (including phenoxy) is 1. The lowest BCUT2D eigenvalue weighted by Crippen LogP contribution is -1.97. The van der Waals surface area contributed by atoms with E-state index in [1.807, 2.05) is 24.3 Å². The van der Waals surface area contributed by atoms with E-state index < -0.39 is 0 Å². The van der Waals surface area contributed by atoms with E-state index in [4.69, 9.17) is 10.5 Å². The molecule has 0 saturated heterocycles. The molecule has 92 valence electrons. The Morgan fingerprint density at radius 2 is 2.00 bits per heavy atom. The summed E-state index contributed by atoms with van der Waals surface area (Å²) in [7, 11) is 0. The van der Waals surface area contributed by atoms with Crippen LogP contribution in [0.4, 0.5) is 5.82 Å². The molecule has 0 bridgehead atoms. The smallest absolute Gasteiger partial charge is 0.123 e. The van der Waals surface area contributed by atoms with Crippen molar-refractivity contribution in [3.8, 4) is 5.75 Å². The Bertz CT molecular complexity index is 550. The van der Waals surface area contributed by atoms with E-state index in [9.17, 15) is 0 Å². The summed E-state index contributed by atoms with van der Waals surface area (Å²) in [6.07, 6.45) is 5.41. The molecule has 18 heavy (non-hydrogen) atoms. The third kappa shape index (κ3) is 2.80. The number of anilines is 1. The minimum absolute atomic E-state index is 0.441. The van der Waals surface area contributed by atoms with Crippen LogP contribution < -0.4 is 10.5 Å². The lowest BCUT2D eigenvalue weighted by atomic mass is 10.1. The Labute approximate surface area is 107 Å². The molecule has 2 N–H and O–H groups in total. The third-order valence-electron chi connectivity index (χ3n) is 2.98. The van der Waals surface area contributed by atoms with Gasteiger partial charge in [0.1, 0.15) is 11.6 Å². The van der Waals surface area contributed by atoms with Gasteiger partial charge in [0.15, 0.2) is 0 Å². The first-order valence-corrected chi connectivity index (χ1v) is 6.25. The minimum Gasteiger partial charge on any atom is -0.490 e. The van der Waals surface area contributed by atoms with Gasteiger partial charge in [0.25, 0.3) is 0 Å². The van der Waals surface area contributed by atoms with Crippen LogP contribution in [-0.2, 0) is 6.42 Å². The molecule has 1 saturated carbocycles. The summed E-state index contributed by atoms with van der Waals surface area (Å²) >= 11 is 0. The number of benzene rings is 1. The van der Waals surface area contributed by atoms with Gasteiger partial charge in [-0.25, -0.2) is 4.98 Å². The molecule has 3 rings (SSSR count). The Kier molecular flexibility index (Phi) is 2.89. The zero-order chi connectivity index (χ0) is 12.4. The largest absolute Gasteiger partial charge is 0.490 e. The Hall–Kier alpha value is -2.03. The van der Waals surface area contributed by atoms with Gasteiger partial charge < -0.3 is 10.5 Å². The van der Waals surface area contributed by atoms with Crippen LogP contribution in [0.15, 0.2) is 42.6 Å². The molecule has 0 unspecified atom stereocenters. The van der Waals surface area contributed by atoms with Crippen LogP contribution in [0.2, 0.25) is 0 Å². The predicted octanol–water partition coefficient (Wildman–Crippen LogP) is 2.80. The van der Waals surface area contributed by atoms with Crippen LogP contribution in [0.5, 0.6) is 5.75 Å². The number of hydrogen-bond acceptors (Lipinski definition) is 3. The molecule has 1 aliphatic rings. The number of nitrogens with two attached hydrogens (primary N) is 1. The van der Waals surface area contributed by atoms with Crippen LogP contribution >= 0.6 is 0 Å². The SMILES string of the molecule is Nc1cc(Cc2cccc(OC3CC3)c2)ccn1. The van der Waals surface area contributed by atoms with E-state index in [0.29, 0.717) is 11.9 Å². The van der Waals surface area contributed by atoms with Crippen LogP contribution in [-0.4, -0.2) is 11.1 Å². The number of nitrogen functional groups attached to an aromatic ring is 1. The Balaban J connectivity index is 1.75. The van der Waals surface area contributed by atoms with E-state index in [0.717, 1.165) is 12.2 Å². The van der Waals surface area contributed by atoms with E-state index >= 15 is 0 Å². The van der Waals surface area contributed by atoms with Crippen LogP contribution in [0, 0.1) is 0 Å². The molecule has 0 aliphatic heterocycles. The molecule has 1 fully saturated rings. The first-order valence-electron chi connectivity index (χ1n) is 6.25. The molecular formula is C15H16N2O. The summed E-state index contributed by atoms with van der Waals surface area (Å²) < 4.78 is 5.79. The summed E-state index contributed by atoms with van der Waals surface area (Å²) in [5.41, 5.74) is 8.09. The highest BCUT2D eigenvalue weighted by Crippen LogP contribution is 2.27. The first kappa shape index (κ1) is 11.1. The van der Waals surface area contributed by atoms with Gasteiger partial charge in [-0.05, 0) is 54.7 Å². The van der Waals surface area contributed by atoms with Gasteiger partial charge in [0.05, 0.1) is 6.10 Å². The van der Waals surface area contributed by atoms with Crippen molar-refractivity contribution in [2.45, 2.75) is 25.4 Å². The van der Waals surface area contributed by atoms with Crippen molar-refractivity contribution in [1.29, 1.82) is 0 Å². The zero-order valence-electron chi connectivity index (χ0n) is 10.2. The van der Waals surface area contributed by atoms with E-state index in [2.05, 4.69) is 17.1 Å². The van der Waals surface area contributed by atoms with Crippen molar-refractivity contribution < 1.29 is 4.74 Å². The summed E-state index contributed by atoms with van der Waals surface area (Å²) in [4.78, 5) is 4.00. The zero-order valence-corrected chi connectivity index (χ0v) is 10.2. The van der Waals surface area contributed by atoms with Crippen LogP contribution in [0.3, 0.4) is 0 Å². The second-order valence-electron chi connectivity index (χ2n) is 4.73. The van der Waals surface area contributed by atoms with Crippen molar-refractivity contribution in [3.05, 3.63) is 53.7 Å². The molecule has 0 amide bonds. The fourth-order valence-corrected chi connectivity index (χ4v) is 1.95. The molecule has 3 nitrogen and oxygen atoms in total. The predicted molar refractivity (Wildman–Crippen MR) is 71.5 cm³/mol. The maximum atomic E-state index is 5.79. The van der Waals surface area contributed by atoms with Gasteiger partial charge in [-0.1, -0.05) is 12.1 Å². The maximum Gasteiger partial charge on any atom is 0.123 e. The fraction of sp³-hybridized carbons (Fsp3) is 0.267. The molecule has 2 aromatic rings. The summed E-state index contributed by atoms with van der Waals surface area (Å²) in [6.45, 7) is 0. The van der Waals surface area contributed by atoms with E-state index in [1.165, 1.54) is 24.0 Å². The van der Waals surface area contributed by atoms with Gasteiger partial charge in [-0.2, -0.15) is 0 Å². The van der Waals surface area contributed by atoms with Crippen molar-refractivity contribution in [3.63, 3.8) is 0 Å². The van der Waals surface area contributed by atoms with Gasteiger partial charge in [-0.15, -0.1) is 0 Å². The fourth-order valence-electron chi connectivity index (χ4n) is 1.95. The summed E-state index contributed by atoms with van der Waals surface area (Å²) in [5.74, 6) is 1.54. The molecule has 0 atom stereocenters. The molecule has 0 radical (unpaired) electrons. The standard InChI is InChI=1S/C15H16N2O/c16-15-10-12(6-7-17-15)8-11-2-1-3-14(9-11)18-13-4-5-13/h1-3,6-7,9-10,13H,4-5,8H2,(H2,16,17). The highest BCUT2D eigenvalue weighted by molar-refractivity contribution is 5.37. The number of nitrogens with zero attached hydrogens (tertiary/aromatic N) is 1. The third-order valence-corrected chi connectivity index (χ3v) is 2.98. The lowest BCUT2D eigenvalue weighted by Gasteiger charge is -2.07. The van der Waals surface area contributed by atoms with Crippen molar-refractivity contribution >= 4 is 5.82 Å². The molecular weight excluding hydrogens is 224 g/mol. The second-order valence-corrected chi connectivity index (χ2v) is 4.73. The number of aromatic nitrogens is 1. The molecule has 1 heterocycles. The number of pyridine rings is 1. The highest BCUT2D eigenvalue weighted by atomic mass is 16.5. The van der Waals surface area contributed by atoms with Crippen LogP contribution in [0.1, 0.15) is 24.0 Å². The quantitative estimate of drug-likeness (QED) is 0.894. The molecule has 3 heteroatoms. The lowest BCUT2D eigenvalue weighted by molar-refractivity contribution is 0.303. The summed E-state index contributed by atoms with van der Waals surface area (Å²) in [6, 6.07) is 12.2. The van der Waals surface area contributed by atoms with Crippen molar-refractivity contribution in [1.82, 2.24) is 4.98 Å². The van der Waals surface area contributed by atoms with Crippen LogP contribution in [0.25, 0.3) is 0 Å². The number of hydrogen-bond donors (Lipinski definition) is 1. The van der Waals surface area contributed by atoms with Gasteiger partial charge >= 0.3 is 0 Å². The van der Waals surface area contributed by atoms with Crippen molar-refractivity contribution in [2.24, 2.45) is 0 Å². The van der Waals surface area contributed by atoms with E-state index in [-0.39, 0.29) is 0 Å². The average Bonchev–Trinajstić information content (AvgIpc) is 3.13.